The highest BCUT2D eigenvalue weighted by Gasteiger charge is 2.53. The average Bonchev–Trinajstić information content (AvgIpc) is 1.61. The molecule has 0 bridgehead atoms. The fourth-order valence-electron chi connectivity index (χ4n) is 14.2. The Morgan fingerprint density at radius 3 is 0.982 bits per heavy atom. The van der Waals surface area contributed by atoms with Gasteiger partial charge in [-0.25, -0.2) is 4.39 Å². The van der Waals surface area contributed by atoms with Crippen molar-refractivity contribution in [1.82, 2.24) is 15.5 Å². The number of aryl methyl sites for hydroxylation is 5. The number of carbonyl (C=O) groups excluding carboxylic acids is 3. The van der Waals surface area contributed by atoms with Crippen LogP contribution in [0.3, 0.4) is 0 Å². The summed E-state index contributed by atoms with van der Waals surface area (Å²) in [6, 6.07) is 68.3. The van der Waals surface area contributed by atoms with Crippen LogP contribution in [-0.4, -0.2) is 66.6 Å². The van der Waals surface area contributed by atoms with E-state index < -0.39 is 52.9 Å². The van der Waals surface area contributed by atoms with Crippen molar-refractivity contribution in [2.45, 2.75) is 168 Å². The maximum absolute atomic E-state index is 13.7. The second kappa shape index (κ2) is 35.0. The Hall–Kier alpha value is -12.6. The highest BCUT2D eigenvalue weighted by Crippen LogP contribution is 2.51. The van der Waals surface area contributed by atoms with Crippen LogP contribution in [0.1, 0.15) is 172 Å². The molecule has 19 heteroatoms. The monoisotopic (exact) mass is 1530 g/mol. The van der Waals surface area contributed by atoms with Crippen LogP contribution < -0.4 is 0 Å². The minimum Gasteiger partial charge on any atom is -0.481 e. The molecule has 3 aromatic heterocycles. The Morgan fingerprint density at radius 2 is 0.675 bits per heavy atom. The molecule has 0 spiro atoms. The van der Waals surface area contributed by atoms with Gasteiger partial charge >= 0.3 is 35.8 Å². The minimum absolute atomic E-state index is 0. The smallest absolute Gasteiger partial charge is 0.314 e. The zero-order valence-electron chi connectivity index (χ0n) is 65.9. The molecule has 2 atom stereocenters. The molecule has 3 fully saturated rings. The lowest BCUT2D eigenvalue weighted by atomic mass is 9.93. The van der Waals surface area contributed by atoms with E-state index in [9.17, 15) is 48.5 Å². The molecule has 114 heavy (non-hydrogen) atoms. The van der Waals surface area contributed by atoms with Crippen LogP contribution in [0.4, 0.5) is 4.39 Å². The van der Waals surface area contributed by atoms with Gasteiger partial charge in [0.05, 0.1) is 55.3 Å². The first kappa shape index (κ1) is 78.1. The number of nitrogens with zero attached hydrogens (tertiary/aromatic N) is 3. The van der Waals surface area contributed by atoms with E-state index in [0.29, 0.717) is 95.1 Å². The van der Waals surface area contributed by atoms with Crippen molar-refractivity contribution in [1.29, 1.82) is 0 Å². The number of hydrogen-bond acceptors (Lipinski definition) is 15. The third-order valence-electron chi connectivity index (χ3n) is 21.9. The third-order valence-corrected chi connectivity index (χ3v) is 21.9. The fraction of sp³-hybridized carbons (Fsp3) is 0.274. The summed E-state index contributed by atoms with van der Waals surface area (Å²) in [5, 5.41) is 40.8. The lowest BCUT2D eigenvalue weighted by molar-refractivity contribution is -0.148. The van der Waals surface area contributed by atoms with E-state index in [0.717, 1.165) is 90.7 Å². The molecule has 584 valence electrons. The summed E-state index contributed by atoms with van der Waals surface area (Å²) in [5.74, 6) is -1.92. The molecule has 3 aliphatic rings. The molecule has 0 amide bonds. The van der Waals surface area contributed by atoms with Crippen molar-refractivity contribution >= 4 is 35.8 Å². The van der Waals surface area contributed by atoms with Crippen LogP contribution in [0.5, 0.6) is 0 Å². The second-order valence-corrected chi connectivity index (χ2v) is 29.3. The second-order valence-electron chi connectivity index (χ2n) is 29.3. The Bertz CT molecular complexity index is 5540. The predicted molar refractivity (Wildman–Crippen MR) is 432 cm³/mol. The summed E-state index contributed by atoms with van der Waals surface area (Å²) in [7, 11) is 0. The molecule has 3 aliphatic carbocycles. The Balaban J connectivity index is 0.000000160. The van der Waals surface area contributed by atoms with Gasteiger partial charge in [0.1, 0.15) is 25.4 Å². The van der Waals surface area contributed by atoms with Crippen molar-refractivity contribution in [3.63, 3.8) is 0 Å². The first-order chi connectivity index (χ1) is 55.2. The highest BCUT2D eigenvalue weighted by molar-refractivity contribution is 5.88. The van der Waals surface area contributed by atoms with Gasteiger partial charge < -0.3 is 43.1 Å². The third kappa shape index (κ3) is 18.1. The van der Waals surface area contributed by atoms with E-state index in [2.05, 4.69) is 53.6 Å². The van der Waals surface area contributed by atoms with Gasteiger partial charge in [-0.1, -0.05) is 249 Å². The summed E-state index contributed by atoms with van der Waals surface area (Å²) in [6.45, 7) is 10.3. The lowest BCUT2D eigenvalue weighted by Gasteiger charge is -2.14. The maximum atomic E-state index is 13.7. The number of carboxylic acids is 3. The van der Waals surface area contributed by atoms with Gasteiger partial charge in [-0.3, -0.25) is 28.8 Å². The maximum Gasteiger partial charge on any atom is 0.314 e. The molecule has 0 aliphatic heterocycles. The number of carbonyl (C=O) groups is 6. The van der Waals surface area contributed by atoms with Gasteiger partial charge in [0.25, 0.3) is 0 Å². The summed E-state index contributed by atoms with van der Waals surface area (Å²) in [4.78, 5) is 73.1. The lowest BCUT2D eigenvalue weighted by Crippen LogP contribution is -2.19. The number of aromatic nitrogens is 3. The predicted octanol–water partition coefficient (Wildman–Crippen LogP) is 20.5. The molecular weight excluding hydrogens is 1440 g/mol. The van der Waals surface area contributed by atoms with Crippen LogP contribution in [0, 0.1) is 20.8 Å². The zero-order valence-corrected chi connectivity index (χ0v) is 63.9. The number of rotatable bonds is 27. The fourth-order valence-corrected chi connectivity index (χ4v) is 14.2. The van der Waals surface area contributed by atoms with E-state index in [1.165, 1.54) is 29.3 Å². The molecule has 0 radical (unpaired) electrons. The number of alkyl halides is 1. The SMILES string of the molecule is C.CCc1cccc(COC(=O)Cc2c(C)noc2-c2ccc(-c3ccc(C4(C(=O)O)CC4)cc3)cc2)c1.CCc1cccc([C@@H](C)OC(=O)Cc2c(C)noc2-c2ccc(-c3ccc(C4(C(=O)O)CC4)cc3)cc2)c1.[2H]C([2H])([18F])c1cccc([C@@H](C)OC(=O)Cc2c(C)noc2-c2ccc(-c3ccc(C4(C(=O)O)CC4)cc3)cc2)c1. The Kier molecular flexibility index (Phi) is 23.9. The summed E-state index contributed by atoms with van der Waals surface area (Å²) < 4.78 is 61.9. The van der Waals surface area contributed by atoms with Gasteiger partial charge in [0, 0.05) is 33.4 Å². The van der Waals surface area contributed by atoms with E-state index in [-0.39, 0.29) is 56.9 Å². The van der Waals surface area contributed by atoms with Crippen LogP contribution in [0.25, 0.3) is 67.4 Å². The first-order valence-electron chi connectivity index (χ1n) is 38.9. The Labute approximate surface area is 664 Å². The molecule has 15 rings (SSSR count). The van der Waals surface area contributed by atoms with E-state index >= 15 is 0 Å². The summed E-state index contributed by atoms with van der Waals surface area (Å²) in [6.07, 6.45) is 4.91. The average molecular weight is 1540 g/mol. The molecule has 3 N–H and O–H groups in total. The van der Waals surface area contributed by atoms with Crippen LogP contribution in [-0.2, 0) is 105 Å². The standard InChI is InChI=1S/C32H31NO5.C31H28FNO5.C31H29NO5.CH4/c1-4-22-6-5-7-26(18-22)21(3)37-29(34)19-28-20(2)33-38-30(28)25-10-8-23(9-11-25)24-12-14-27(15-13-24)32(16-17-32)31(35)36;1-19-27(17-28(34)37-20(2)25-5-3-4-21(16-25)18-32)29(38-33-19)24-8-6-22(7-9-24)23-10-12-26(13-11-23)31(14-15-31)30(35)36;1-3-21-5-4-6-22(17-21)19-36-28(33)18-27-20(2)32-37-29(27)25-9-7-23(8-10-25)24-11-13-26(14-12-24)31(15-16-31)30(34)35;/h5-15,18,21H,4,16-17,19H2,1-3H3,(H,35,36);3-13,16,20H,14-15,17-18H2,1-2H3,(H,35,36);4-14,17H,3,15-16,18-19H2,1-2H3,(H,34,35);1H4/t21-;20-;;/m11../s1/i;18D2,32-1;;. The van der Waals surface area contributed by atoms with Crippen molar-refractivity contribution in [3.05, 3.63) is 302 Å². The van der Waals surface area contributed by atoms with E-state index in [1.54, 1.807) is 19.9 Å². The van der Waals surface area contributed by atoms with Crippen molar-refractivity contribution in [2.75, 3.05) is 0 Å². The largest absolute Gasteiger partial charge is 0.481 e. The zero-order chi connectivity index (χ0) is 81.5. The van der Waals surface area contributed by atoms with Gasteiger partial charge in [0.2, 0.25) is 0 Å². The number of hydrogen-bond donors (Lipinski definition) is 3. The van der Waals surface area contributed by atoms with Crippen molar-refractivity contribution in [3.8, 4) is 67.4 Å². The summed E-state index contributed by atoms with van der Waals surface area (Å²) in [5.41, 5.74) is 17.2. The highest BCUT2D eigenvalue weighted by atomic mass is 18.2. The molecule has 3 saturated carbocycles. The molecule has 0 unspecified atom stereocenters. The van der Waals surface area contributed by atoms with Crippen molar-refractivity contribution in [2.24, 2.45) is 0 Å². The quantitative estimate of drug-likeness (QED) is 0.0319. The molecule has 12 aromatic rings. The molecule has 18 nitrogen and oxygen atoms in total. The number of esters is 3. The van der Waals surface area contributed by atoms with E-state index in [1.807, 2.05) is 191 Å². The van der Waals surface area contributed by atoms with Crippen LogP contribution in [0.2, 0.25) is 0 Å². The topological polar surface area (TPSA) is 269 Å². The molecule has 0 saturated heterocycles. The number of ether oxygens (including phenoxy) is 3. The van der Waals surface area contributed by atoms with Gasteiger partial charge in [-0.05, 0) is 176 Å². The van der Waals surface area contributed by atoms with Crippen LogP contribution >= 0.6 is 0 Å². The van der Waals surface area contributed by atoms with E-state index in [4.69, 9.17) is 30.5 Å². The normalized spacial score (nSPS) is 14.6. The first-order valence-corrected chi connectivity index (χ1v) is 37.9. The summed E-state index contributed by atoms with van der Waals surface area (Å²) >= 11 is 0. The van der Waals surface area contributed by atoms with Gasteiger partial charge in [-0.15, -0.1) is 0 Å². The number of aliphatic carboxylic acids is 3. The van der Waals surface area contributed by atoms with Crippen molar-refractivity contribution < 1.29 is 79.0 Å². The van der Waals surface area contributed by atoms with Crippen LogP contribution in [0.15, 0.2) is 232 Å². The Morgan fingerprint density at radius 1 is 0.404 bits per heavy atom. The number of benzene rings is 9. The molecule has 3 heterocycles. The number of halogens is 1. The number of carboxylic acid groups (broad SMARTS) is 3. The molecular formula is C95H92FN3O15. The van der Waals surface area contributed by atoms with Gasteiger partial charge in [0.15, 0.2) is 17.3 Å². The van der Waals surface area contributed by atoms with Gasteiger partial charge in [-0.2, -0.15) is 0 Å². The molecule has 9 aromatic carbocycles. The minimum atomic E-state index is -2.99.